The van der Waals surface area contributed by atoms with Crippen molar-refractivity contribution in [3.63, 3.8) is 0 Å². The van der Waals surface area contributed by atoms with E-state index in [1.54, 1.807) is 16.7 Å². The van der Waals surface area contributed by atoms with Crippen LogP contribution in [-0.4, -0.2) is 40.7 Å². The zero-order chi connectivity index (χ0) is 23.7. The lowest BCUT2D eigenvalue weighted by Gasteiger charge is -2.43. The van der Waals surface area contributed by atoms with E-state index >= 15 is 0 Å². The van der Waals surface area contributed by atoms with Crippen molar-refractivity contribution in [2.24, 2.45) is 5.92 Å². The number of likely N-dealkylation sites (tertiary alicyclic amines) is 1. The summed E-state index contributed by atoms with van der Waals surface area (Å²) >= 11 is 0. The molecule has 3 heterocycles. The Labute approximate surface area is 197 Å². The molecule has 3 N–H and O–H groups in total. The maximum Gasteiger partial charge on any atom is 0.323 e. The summed E-state index contributed by atoms with van der Waals surface area (Å²) in [6.07, 6.45) is 6.63. The Bertz CT molecular complexity index is 1140. The van der Waals surface area contributed by atoms with Gasteiger partial charge >= 0.3 is 12.1 Å². The van der Waals surface area contributed by atoms with Crippen LogP contribution in [0.1, 0.15) is 50.1 Å². The lowest BCUT2D eigenvalue weighted by molar-refractivity contribution is 0.127. The van der Waals surface area contributed by atoms with Crippen LogP contribution < -0.4 is 21.5 Å². The molecule has 1 aromatic heterocycles. The van der Waals surface area contributed by atoms with Gasteiger partial charge < -0.3 is 25.4 Å². The van der Waals surface area contributed by atoms with Crippen LogP contribution in [0.2, 0.25) is 0 Å². The lowest BCUT2D eigenvalue weighted by Crippen LogP contribution is -2.53. The number of nitrogens with one attached hydrogen (secondary N) is 3. The Morgan fingerprint density at radius 3 is 2.59 bits per heavy atom. The van der Waals surface area contributed by atoms with Crippen molar-refractivity contribution < 1.29 is 14.0 Å². The first kappa shape index (κ1) is 22.4. The highest BCUT2D eigenvalue weighted by Gasteiger charge is 2.37. The third kappa shape index (κ3) is 4.78. The number of nitrogens with zero attached hydrogens (tertiary/aromatic N) is 2. The summed E-state index contributed by atoms with van der Waals surface area (Å²) in [5.74, 6) is -0.176. The van der Waals surface area contributed by atoms with Gasteiger partial charge in [0.15, 0.2) is 0 Å². The number of anilines is 2. The molecule has 8 nitrogen and oxygen atoms in total. The van der Waals surface area contributed by atoms with Gasteiger partial charge in [-0.1, -0.05) is 25.3 Å². The Morgan fingerprint density at radius 2 is 1.79 bits per heavy atom. The molecule has 2 unspecified atom stereocenters. The largest absolute Gasteiger partial charge is 0.335 e. The van der Waals surface area contributed by atoms with E-state index in [9.17, 15) is 18.8 Å². The van der Waals surface area contributed by atoms with Crippen molar-refractivity contribution in [1.29, 1.82) is 0 Å². The molecule has 1 aliphatic carbocycles. The monoisotopic (exact) mass is 467 g/mol. The summed E-state index contributed by atoms with van der Waals surface area (Å²) in [5.41, 5.74) is 1.11. The van der Waals surface area contributed by atoms with E-state index in [0.717, 1.165) is 25.0 Å². The second kappa shape index (κ2) is 9.48. The van der Waals surface area contributed by atoms with Gasteiger partial charge in [-0.05, 0) is 55.5 Å². The van der Waals surface area contributed by atoms with Gasteiger partial charge in [0.1, 0.15) is 11.5 Å². The van der Waals surface area contributed by atoms with Crippen LogP contribution in [0.3, 0.4) is 0 Å². The third-order valence-corrected chi connectivity index (χ3v) is 7.15. The predicted molar refractivity (Wildman–Crippen MR) is 128 cm³/mol. The summed E-state index contributed by atoms with van der Waals surface area (Å²) in [5, 5.41) is 8.33. The fourth-order valence-electron chi connectivity index (χ4n) is 5.57. The second-order valence-electron chi connectivity index (χ2n) is 9.67. The number of piperidine rings is 1. The Hall–Kier alpha value is -3.36. The van der Waals surface area contributed by atoms with Crippen molar-refractivity contribution in [3.8, 4) is 0 Å². The van der Waals surface area contributed by atoms with E-state index in [-0.39, 0.29) is 35.2 Å². The average Bonchev–Trinajstić information content (AvgIpc) is 2.82. The topological polar surface area (TPSA) is 95.5 Å². The van der Waals surface area contributed by atoms with Crippen molar-refractivity contribution >= 4 is 23.4 Å². The number of fused-ring (bicyclic) bond motifs is 4. The number of pyridine rings is 1. The molecule has 1 saturated heterocycles. The summed E-state index contributed by atoms with van der Waals surface area (Å²) in [6, 6.07) is 8.70. The van der Waals surface area contributed by atoms with E-state index in [2.05, 4.69) is 16.0 Å². The minimum absolute atomic E-state index is 0.00436. The smallest absolute Gasteiger partial charge is 0.323 e. The van der Waals surface area contributed by atoms with Gasteiger partial charge in [0.05, 0.1) is 0 Å². The zero-order valence-electron chi connectivity index (χ0n) is 19.1. The van der Waals surface area contributed by atoms with Crippen molar-refractivity contribution in [3.05, 3.63) is 58.3 Å². The molecular weight excluding hydrogens is 437 g/mol. The van der Waals surface area contributed by atoms with Gasteiger partial charge in [0.2, 0.25) is 0 Å². The number of amides is 4. The van der Waals surface area contributed by atoms with Gasteiger partial charge in [0.25, 0.3) is 5.56 Å². The molecule has 2 fully saturated rings. The van der Waals surface area contributed by atoms with Crippen LogP contribution in [0, 0.1) is 11.7 Å². The van der Waals surface area contributed by atoms with Crippen LogP contribution in [-0.2, 0) is 6.54 Å². The standard InChI is InChI=1S/C25H30FN5O3/c26-18-5-4-8-20(12-18)27-24(33)29-21-9-10-22-17-11-16(14-31(22)23(21)32)13-30(15-17)25(34)28-19-6-2-1-3-7-19/h4-5,8-10,12,16-17,19H,1-3,6-7,11,13-15H2,(H,28,34)(H2,27,29,33). The number of aromatic nitrogens is 1. The molecule has 3 aliphatic rings. The average molecular weight is 468 g/mol. The van der Waals surface area contributed by atoms with Crippen LogP contribution in [0.15, 0.2) is 41.2 Å². The maximum absolute atomic E-state index is 13.4. The number of carbonyl (C=O) groups excluding carboxylic acids is 2. The number of hydrogen-bond acceptors (Lipinski definition) is 3. The van der Waals surface area contributed by atoms with Crippen molar-refractivity contribution in [2.75, 3.05) is 23.7 Å². The molecule has 34 heavy (non-hydrogen) atoms. The molecular formula is C25H30FN5O3. The van der Waals surface area contributed by atoms with Gasteiger partial charge in [0, 0.05) is 43.0 Å². The molecule has 2 bridgehead atoms. The predicted octanol–water partition coefficient (Wildman–Crippen LogP) is 4.09. The molecule has 2 atom stereocenters. The van der Waals surface area contributed by atoms with Crippen LogP contribution in [0.4, 0.5) is 25.4 Å². The van der Waals surface area contributed by atoms with E-state index in [4.69, 9.17) is 0 Å². The van der Waals surface area contributed by atoms with Crippen LogP contribution in [0.25, 0.3) is 0 Å². The Kier molecular flexibility index (Phi) is 6.26. The molecule has 5 rings (SSSR count). The first-order valence-electron chi connectivity index (χ1n) is 12.1. The fourth-order valence-corrected chi connectivity index (χ4v) is 5.57. The van der Waals surface area contributed by atoms with Gasteiger partial charge in [-0.15, -0.1) is 0 Å². The number of rotatable bonds is 3. The minimum Gasteiger partial charge on any atom is -0.335 e. The Balaban J connectivity index is 1.26. The van der Waals surface area contributed by atoms with E-state index < -0.39 is 11.8 Å². The summed E-state index contributed by atoms with van der Waals surface area (Å²) < 4.78 is 15.1. The number of urea groups is 2. The van der Waals surface area contributed by atoms with Crippen LogP contribution in [0.5, 0.6) is 0 Å². The highest BCUT2D eigenvalue weighted by atomic mass is 19.1. The molecule has 9 heteroatoms. The molecule has 1 saturated carbocycles. The maximum atomic E-state index is 13.4. The summed E-state index contributed by atoms with van der Waals surface area (Å²) in [4.78, 5) is 40.3. The van der Waals surface area contributed by atoms with Gasteiger partial charge in [-0.3, -0.25) is 4.79 Å². The SMILES string of the molecule is O=C(Nc1cccc(F)c1)Nc1ccc2n(c1=O)CC1CC2CN(C(=O)NC2CCCCC2)C1. The molecule has 0 radical (unpaired) electrons. The number of halogens is 1. The van der Waals surface area contributed by atoms with E-state index in [0.29, 0.717) is 25.3 Å². The Morgan fingerprint density at radius 1 is 0.971 bits per heavy atom. The normalized spacial score (nSPS) is 22.0. The quantitative estimate of drug-likeness (QED) is 0.634. The first-order valence-corrected chi connectivity index (χ1v) is 12.1. The molecule has 0 spiro atoms. The molecule has 2 aromatic rings. The molecule has 4 amide bonds. The third-order valence-electron chi connectivity index (χ3n) is 7.15. The minimum atomic E-state index is -0.607. The highest BCUT2D eigenvalue weighted by molar-refractivity contribution is 5.99. The molecule has 1 aromatic carbocycles. The van der Waals surface area contributed by atoms with E-state index in [1.807, 2.05) is 11.0 Å². The summed E-state index contributed by atoms with van der Waals surface area (Å²) in [7, 11) is 0. The van der Waals surface area contributed by atoms with Crippen molar-refractivity contribution in [2.45, 2.75) is 57.0 Å². The lowest BCUT2D eigenvalue weighted by atomic mass is 9.83. The van der Waals surface area contributed by atoms with Gasteiger partial charge in [-0.25, -0.2) is 14.0 Å². The molecule has 180 valence electrons. The van der Waals surface area contributed by atoms with Gasteiger partial charge in [-0.2, -0.15) is 0 Å². The van der Waals surface area contributed by atoms with Crippen LogP contribution >= 0.6 is 0 Å². The number of hydrogen-bond donors (Lipinski definition) is 3. The fraction of sp³-hybridized carbons (Fsp3) is 0.480. The zero-order valence-corrected chi connectivity index (χ0v) is 19.1. The van der Waals surface area contributed by atoms with E-state index in [1.165, 1.54) is 37.5 Å². The second-order valence-corrected chi connectivity index (χ2v) is 9.67. The number of benzene rings is 1. The number of carbonyl (C=O) groups is 2. The first-order chi connectivity index (χ1) is 16.5. The summed E-state index contributed by atoms with van der Waals surface area (Å²) in [6.45, 7) is 1.72. The van der Waals surface area contributed by atoms with Crippen molar-refractivity contribution in [1.82, 2.24) is 14.8 Å². The highest BCUT2D eigenvalue weighted by Crippen LogP contribution is 2.35. The molecule has 2 aliphatic heterocycles.